The fraction of sp³-hybridized carbons (Fsp3) is 0.154. The van der Waals surface area contributed by atoms with Crippen LogP contribution in [0.1, 0.15) is 5.76 Å². The molecule has 3 rings (SSSR count). The molecule has 110 valence electrons. The number of anilines is 1. The molecule has 1 amide bonds. The molecule has 0 fully saturated rings. The van der Waals surface area contributed by atoms with E-state index in [-0.39, 0.29) is 17.3 Å². The van der Waals surface area contributed by atoms with Crippen molar-refractivity contribution < 1.29 is 17.6 Å². The first-order chi connectivity index (χ1) is 10.0. The molecule has 0 bridgehead atoms. The lowest BCUT2D eigenvalue weighted by Gasteiger charge is -2.17. The van der Waals surface area contributed by atoms with Gasteiger partial charge in [-0.3, -0.25) is 4.79 Å². The second-order valence-electron chi connectivity index (χ2n) is 4.40. The van der Waals surface area contributed by atoms with Crippen LogP contribution in [0.2, 0.25) is 0 Å². The number of thioether (sulfide) groups is 1. The number of hydrogen-bond acceptors (Lipinski definition) is 5. The number of hydrogen-bond donors (Lipinski definition) is 2. The van der Waals surface area contributed by atoms with Crippen LogP contribution in [0.15, 0.2) is 50.8 Å². The van der Waals surface area contributed by atoms with Gasteiger partial charge < -0.3 is 9.73 Å². The molecule has 2 heterocycles. The molecule has 21 heavy (non-hydrogen) atoms. The average molecular weight is 324 g/mol. The second kappa shape index (κ2) is 5.55. The maximum Gasteiger partial charge on any atom is 0.241 e. The Hall–Kier alpha value is -1.77. The zero-order valence-electron chi connectivity index (χ0n) is 10.8. The number of carbonyl (C=O) groups excluding carboxylic acids is 1. The Kier molecular flexibility index (Phi) is 3.75. The Balaban J connectivity index is 1.82. The van der Waals surface area contributed by atoms with Crippen LogP contribution in [0.4, 0.5) is 5.69 Å². The van der Waals surface area contributed by atoms with E-state index in [0.29, 0.717) is 17.2 Å². The summed E-state index contributed by atoms with van der Waals surface area (Å²) >= 11 is 1.39. The smallest absolute Gasteiger partial charge is 0.241 e. The summed E-state index contributed by atoms with van der Waals surface area (Å²) in [6, 6.07) is 8.06. The molecule has 0 atom stereocenters. The Morgan fingerprint density at radius 1 is 1.33 bits per heavy atom. The van der Waals surface area contributed by atoms with Gasteiger partial charge in [-0.15, -0.1) is 11.8 Å². The van der Waals surface area contributed by atoms with Crippen LogP contribution in [-0.2, 0) is 21.4 Å². The van der Waals surface area contributed by atoms with E-state index in [9.17, 15) is 13.2 Å². The van der Waals surface area contributed by atoms with E-state index >= 15 is 0 Å². The zero-order chi connectivity index (χ0) is 14.9. The van der Waals surface area contributed by atoms with E-state index in [1.54, 1.807) is 18.2 Å². The number of rotatable bonds is 4. The number of benzene rings is 1. The predicted molar refractivity (Wildman–Crippen MR) is 78.5 cm³/mol. The lowest BCUT2D eigenvalue weighted by Crippen LogP contribution is -2.24. The lowest BCUT2D eigenvalue weighted by molar-refractivity contribution is -0.113. The highest BCUT2D eigenvalue weighted by Gasteiger charge is 2.20. The third-order valence-corrected chi connectivity index (χ3v) is 5.38. The first kappa shape index (κ1) is 14.2. The molecule has 1 aromatic heterocycles. The fourth-order valence-electron chi connectivity index (χ4n) is 1.89. The van der Waals surface area contributed by atoms with Crippen LogP contribution in [0.25, 0.3) is 0 Å². The minimum Gasteiger partial charge on any atom is -0.468 e. The van der Waals surface area contributed by atoms with Crippen molar-refractivity contribution in [2.75, 3.05) is 11.1 Å². The molecule has 0 spiro atoms. The topological polar surface area (TPSA) is 88.4 Å². The molecule has 2 N–H and O–H groups in total. The molecule has 2 aromatic rings. The van der Waals surface area contributed by atoms with E-state index in [2.05, 4.69) is 10.0 Å². The summed E-state index contributed by atoms with van der Waals surface area (Å²) in [5, 5.41) is 2.67. The number of carbonyl (C=O) groups is 1. The molecule has 1 aliphatic heterocycles. The highest BCUT2D eigenvalue weighted by Crippen LogP contribution is 2.33. The van der Waals surface area contributed by atoms with Gasteiger partial charge in [0.25, 0.3) is 0 Å². The number of amides is 1. The van der Waals surface area contributed by atoms with E-state index in [1.165, 1.54) is 30.2 Å². The predicted octanol–water partition coefficient (Wildman–Crippen LogP) is 1.80. The van der Waals surface area contributed by atoms with E-state index < -0.39 is 10.0 Å². The van der Waals surface area contributed by atoms with Gasteiger partial charge in [-0.05, 0) is 30.3 Å². The molecular weight excluding hydrogens is 312 g/mol. The molecule has 1 aromatic carbocycles. The molecular formula is C13H12N2O4S2. The number of nitrogens with one attached hydrogen (secondary N) is 2. The van der Waals surface area contributed by atoms with Crippen molar-refractivity contribution >= 4 is 33.4 Å². The first-order valence-electron chi connectivity index (χ1n) is 6.13. The highest BCUT2D eigenvalue weighted by molar-refractivity contribution is 8.00. The average Bonchev–Trinajstić information content (AvgIpc) is 2.98. The molecule has 0 radical (unpaired) electrons. The van der Waals surface area contributed by atoms with Crippen LogP contribution >= 0.6 is 11.8 Å². The Morgan fingerprint density at radius 2 is 2.19 bits per heavy atom. The zero-order valence-corrected chi connectivity index (χ0v) is 12.5. The number of furan rings is 1. The van der Waals surface area contributed by atoms with Crippen LogP contribution in [0.3, 0.4) is 0 Å². The van der Waals surface area contributed by atoms with Gasteiger partial charge in [-0.25, -0.2) is 13.1 Å². The SMILES string of the molecule is O=C1CSc2ccc(S(=O)(=O)NCc3ccco3)cc2N1. The van der Waals surface area contributed by atoms with Gasteiger partial charge in [-0.2, -0.15) is 0 Å². The van der Waals surface area contributed by atoms with Gasteiger partial charge in [0, 0.05) is 4.90 Å². The summed E-state index contributed by atoms with van der Waals surface area (Å²) in [6.07, 6.45) is 1.48. The summed E-state index contributed by atoms with van der Waals surface area (Å²) < 4.78 is 32.0. The van der Waals surface area contributed by atoms with Crippen molar-refractivity contribution in [3.05, 3.63) is 42.4 Å². The van der Waals surface area contributed by atoms with Crippen molar-refractivity contribution in [3.8, 4) is 0 Å². The van der Waals surface area contributed by atoms with Gasteiger partial charge in [0.2, 0.25) is 15.9 Å². The summed E-state index contributed by atoms with van der Waals surface area (Å²) in [5.74, 6) is 0.738. The summed E-state index contributed by atoms with van der Waals surface area (Å²) in [5.41, 5.74) is 0.525. The summed E-state index contributed by atoms with van der Waals surface area (Å²) in [7, 11) is -3.66. The monoisotopic (exact) mass is 324 g/mol. The van der Waals surface area contributed by atoms with Crippen LogP contribution in [-0.4, -0.2) is 20.1 Å². The molecule has 6 nitrogen and oxygen atoms in total. The molecule has 0 saturated carbocycles. The van der Waals surface area contributed by atoms with Gasteiger partial charge in [0.05, 0.1) is 29.1 Å². The van der Waals surface area contributed by atoms with Gasteiger partial charge in [-0.1, -0.05) is 0 Å². The molecule has 1 aliphatic rings. The Bertz CT molecular complexity index is 769. The van der Waals surface area contributed by atoms with Crippen molar-refractivity contribution in [3.63, 3.8) is 0 Å². The van der Waals surface area contributed by atoms with Crippen LogP contribution in [0, 0.1) is 0 Å². The lowest BCUT2D eigenvalue weighted by atomic mass is 10.3. The quantitative estimate of drug-likeness (QED) is 0.895. The Morgan fingerprint density at radius 3 is 2.95 bits per heavy atom. The van der Waals surface area contributed by atoms with E-state index in [4.69, 9.17) is 4.42 Å². The number of fused-ring (bicyclic) bond motifs is 1. The van der Waals surface area contributed by atoms with Gasteiger partial charge in [0.15, 0.2) is 0 Å². The van der Waals surface area contributed by atoms with Gasteiger partial charge >= 0.3 is 0 Å². The number of sulfonamides is 1. The van der Waals surface area contributed by atoms with E-state index in [0.717, 1.165) is 4.90 Å². The van der Waals surface area contributed by atoms with Crippen LogP contribution in [0.5, 0.6) is 0 Å². The largest absolute Gasteiger partial charge is 0.468 e. The molecule has 0 unspecified atom stereocenters. The third kappa shape index (κ3) is 3.12. The van der Waals surface area contributed by atoms with E-state index in [1.807, 2.05) is 0 Å². The van der Waals surface area contributed by atoms with Crippen molar-refractivity contribution in [2.45, 2.75) is 16.3 Å². The summed E-state index contributed by atoms with van der Waals surface area (Å²) in [6.45, 7) is 0.0769. The molecule has 0 aliphatic carbocycles. The highest BCUT2D eigenvalue weighted by atomic mass is 32.2. The normalized spacial score (nSPS) is 14.6. The van der Waals surface area contributed by atoms with Crippen molar-refractivity contribution in [1.29, 1.82) is 0 Å². The Labute approximate surface area is 126 Å². The minimum absolute atomic E-state index is 0.0769. The maximum atomic E-state index is 12.2. The minimum atomic E-state index is -3.66. The standard InChI is InChI=1S/C13H12N2O4S2/c16-13-8-20-12-4-3-10(6-11(12)15-13)21(17,18)14-7-9-2-1-5-19-9/h1-6,14H,7-8H2,(H,15,16). The maximum absolute atomic E-state index is 12.2. The molecule has 0 saturated heterocycles. The summed E-state index contributed by atoms with van der Waals surface area (Å²) in [4.78, 5) is 12.3. The van der Waals surface area contributed by atoms with Crippen molar-refractivity contribution in [2.24, 2.45) is 0 Å². The first-order valence-corrected chi connectivity index (χ1v) is 8.60. The van der Waals surface area contributed by atoms with Gasteiger partial charge in [0.1, 0.15) is 5.76 Å². The third-order valence-electron chi connectivity index (χ3n) is 2.91. The molecule has 8 heteroatoms. The van der Waals surface area contributed by atoms with Crippen molar-refractivity contribution in [1.82, 2.24) is 4.72 Å². The van der Waals surface area contributed by atoms with Crippen LogP contribution < -0.4 is 10.0 Å². The second-order valence-corrected chi connectivity index (χ2v) is 7.18. The fourth-order valence-corrected chi connectivity index (χ4v) is 3.70.